The summed E-state index contributed by atoms with van der Waals surface area (Å²) in [4.78, 5) is 10.5. The first-order valence-corrected chi connectivity index (χ1v) is 4.64. The zero-order chi connectivity index (χ0) is 15.0. The Bertz CT molecular complexity index is 459. The predicted molar refractivity (Wildman–Crippen MR) is 49.0 cm³/mol. The van der Waals surface area contributed by atoms with Crippen LogP contribution in [0.3, 0.4) is 0 Å². The fourth-order valence-electron chi connectivity index (χ4n) is 1.48. The molecule has 0 fully saturated rings. The molecule has 0 aromatic heterocycles. The first-order chi connectivity index (χ1) is 8.46. The highest BCUT2D eigenvalue weighted by Crippen LogP contribution is 2.41. The van der Waals surface area contributed by atoms with E-state index in [4.69, 9.17) is 10.2 Å². The lowest BCUT2D eigenvalue weighted by Crippen LogP contribution is -2.22. The van der Waals surface area contributed by atoms with Crippen LogP contribution in [0.15, 0.2) is 18.2 Å². The number of carbonyl (C=O) groups is 1. The predicted octanol–water partition coefficient (Wildman–Crippen LogP) is 2.84. The van der Waals surface area contributed by atoms with E-state index in [1.54, 1.807) is 0 Å². The van der Waals surface area contributed by atoms with E-state index in [0.717, 1.165) is 0 Å². The van der Waals surface area contributed by atoms with Crippen LogP contribution in [0.5, 0.6) is 0 Å². The molecule has 1 atom stereocenters. The first-order valence-electron chi connectivity index (χ1n) is 4.64. The number of carboxylic acids is 1. The van der Waals surface area contributed by atoms with E-state index < -0.39 is 41.1 Å². The normalized spacial score (nSPS) is 14.3. The number of halogens is 6. The zero-order valence-electron chi connectivity index (χ0n) is 8.88. The largest absolute Gasteiger partial charge is 0.479 e. The lowest BCUT2D eigenvalue weighted by Gasteiger charge is -2.20. The lowest BCUT2D eigenvalue weighted by molar-refractivity contribution is -0.153. The molecule has 9 heteroatoms. The van der Waals surface area contributed by atoms with E-state index in [1.165, 1.54) is 0 Å². The number of hydrogen-bond acceptors (Lipinski definition) is 2. The van der Waals surface area contributed by atoms with Crippen molar-refractivity contribution in [2.24, 2.45) is 0 Å². The molecule has 3 nitrogen and oxygen atoms in total. The Morgan fingerprint density at radius 3 is 1.63 bits per heavy atom. The van der Waals surface area contributed by atoms with Gasteiger partial charge in [0, 0.05) is 5.56 Å². The monoisotopic (exact) mass is 288 g/mol. The topological polar surface area (TPSA) is 57.5 Å². The van der Waals surface area contributed by atoms with Crippen molar-refractivity contribution < 1.29 is 41.4 Å². The number of aliphatic hydroxyl groups is 1. The van der Waals surface area contributed by atoms with Crippen molar-refractivity contribution in [2.75, 3.05) is 0 Å². The summed E-state index contributed by atoms with van der Waals surface area (Å²) in [7, 11) is 0. The minimum Gasteiger partial charge on any atom is -0.479 e. The number of rotatable bonds is 2. The molecule has 0 bridgehead atoms. The molecule has 1 aromatic rings. The molecule has 0 aliphatic rings. The van der Waals surface area contributed by atoms with Gasteiger partial charge in [-0.15, -0.1) is 0 Å². The Kier molecular flexibility index (Phi) is 3.80. The third-order valence-corrected chi connectivity index (χ3v) is 2.22. The van der Waals surface area contributed by atoms with Gasteiger partial charge in [-0.25, -0.2) is 4.79 Å². The maximum absolute atomic E-state index is 12.6. The molecule has 1 aromatic carbocycles. The summed E-state index contributed by atoms with van der Waals surface area (Å²) < 4.78 is 75.4. The van der Waals surface area contributed by atoms with Gasteiger partial charge in [-0.05, 0) is 12.1 Å². The Hall–Kier alpha value is -1.77. The van der Waals surface area contributed by atoms with Gasteiger partial charge < -0.3 is 10.2 Å². The molecule has 2 N–H and O–H groups in total. The van der Waals surface area contributed by atoms with Crippen LogP contribution in [-0.2, 0) is 17.1 Å². The van der Waals surface area contributed by atoms with E-state index in [9.17, 15) is 31.1 Å². The molecule has 0 aliphatic carbocycles. The molecule has 0 spiro atoms. The quantitative estimate of drug-likeness (QED) is 0.823. The van der Waals surface area contributed by atoms with Crippen molar-refractivity contribution in [3.05, 3.63) is 34.9 Å². The number of aliphatic carboxylic acids is 1. The van der Waals surface area contributed by atoms with Gasteiger partial charge in [0.2, 0.25) is 0 Å². The van der Waals surface area contributed by atoms with Gasteiger partial charge in [0.15, 0.2) is 6.10 Å². The molecule has 19 heavy (non-hydrogen) atoms. The second-order valence-corrected chi connectivity index (χ2v) is 3.50. The van der Waals surface area contributed by atoms with Gasteiger partial charge >= 0.3 is 18.3 Å². The first kappa shape index (κ1) is 15.3. The van der Waals surface area contributed by atoms with Crippen molar-refractivity contribution in [2.45, 2.75) is 18.5 Å². The summed E-state index contributed by atoms with van der Waals surface area (Å²) >= 11 is 0. The molecular weight excluding hydrogens is 282 g/mol. The number of hydrogen-bond donors (Lipinski definition) is 2. The van der Waals surface area contributed by atoms with E-state index in [1.807, 2.05) is 0 Å². The number of benzene rings is 1. The lowest BCUT2D eigenvalue weighted by atomic mass is 9.95. The van der Waals surface area contributed by atoms with Gasteiger partial charge in [0.25, 0.3) is 0 Å². The minimum absolute atomic E-state index is 0.275. The van der Waals surface area contributed by atoms with Crippen LogP contribution in [0.4, 0.5) is 26.3 Å². The van der Waals surface area contributed by atoms with Crippen LogP contribution < -0.4 is 0 Å². The smallest absolute Gasteiger partial charge is 0.416 e. The number of alkyl halides is 6. The highest BCUT2D eigenvalue weighted by molar-refractivity contribution is 5.75. The van der Waals surface area contributed by atoms with Crippen LogP contribution in [0.25, 0.3) is 0 Å². The second kappa shape index (κ2) is 4.72. The maximum Gasteiger partial charge on any atom is 0.416 e. The average Bonchev–Trinajstić information content (AvgIpc) is 2.24. The van der Waals surface area contributed by atoms with Gasteiger partial charge in [0.1, 0.15) is 0 Å². The van der Waals surface area contributed by atoms with E-state index in [2.05, 4.69) is 0 Å². The summed E-state index contributed by atoms with van der Waals surface area (Å²) in [6.07, 6.45) is -13.4. The molecular formula is C10H6F6O3. The van der Waals surface area contributed by atoms with Crippen LogP contribution in [-0.4, -0.2) is 16.2 Å². The summed E-state index contributed by atoms with van der Waals surface area (Å²) in [6.45, 7) is 0. The molecule has 0 amide bonds. The summed E-state index contributed by atoms with van der Waals surface area (Å²) in [5.74, 6) is -2.21. The summed E-state index contributed by atoms with van der Waals surface area (Å²) in [5, 5.41) is 17.5. The van der Waals surface area contributed by atoms with Gasteiger partial charge in [-0.3, -0.25) is 0 Å². The highest BCUT2D eigenvalue weighted by Gasteiger charge is 2.43. The average molecular weight is 288 g/mol. The Labute approximate surface area is 102 Å². The van der Waals surface area contributed by atoms with Crippen molar-refractivity contribution >= 4 is 5.97 Å². The van der Waals surface area contributed by atoms with Crippen LogP contribution in [0.2, 0.25) is 0 Å². The molecule has 0 radical (unpaired) electrons. The van der Waals surface area contributed by atoms with E-state index >= 15 is 0 Å². The minimum atomic E-state index is -5.22. The molecule has 1 rings (SSSR count). The van der Waals surface area contributed by atoms with Crippen molar-refractivity contribution in [1.29, 1.82) is 0 Å². The van der Waals surface area contributed by atoms with Gasteiger partial charge in [-0.2, -0.15) is 26.3 Å². The van der Waals surface area contributed by atoms with Gasteiger partial charge in [0.05, 0.1) is 11.1 Å². The fraction of sp³-hybridized carbons (Fsp3) is 0.300. The van der Waals surface area contributed by atoms with E-state index in [0.29, 0.717) is 6.07 Å². The standard InChI is InChI=1S/C10H6F6O3/c11-9(12,13)4-2-1-3-5(10(14,15)16)6(4)7(17)8(18)19/h1-3,7,17H,(H,18,19). The molecule has 0 aliphatic heterocycles. The summed E-state index contributed by atoms with van der Waals surface area (Å²) in [6, 6.07) is 1.04. The molecule has 0 heterocycles. The second-order valence-electron chi connectivity index (χ2n) is 3.50. The zero-order valence-corrected chi connectivity index (χ0v) is 8.88. The van der Waals surface area contributed by atoms with Crippen molar-refractivity contribution in [1.82, 2.24) is 0 Å². The molecule has 0 saturated carbocycles. The van der Waals surface area contributed by atoms with Gasteiger partial charge in [-0.1, -0.05) is 6.07 Å². The van der Waals surface area contributed by atoms with Crippen LogP contribution in [0.1, 0.15) is 22.8 Å². The van der Waals surface area contributed by atoms with Crippen LogP contribution >= 0.6 is 0 Å². The Balaban J connectivity index is 3.64. The summed E-state index contributed by atoms with van der Waals surface area (Å²) in [5.41, 5.74) is -5.38. The highest BCUT2D eigenvalue weighted by atomic mass is 19.4. The number of aliphatic hydroxyl groups excluding tert-OH is 1. The fourth-order valence-corrected chi connectivity index (χ4v) is 1.48. The molecule has 0 saturated heterocycles. The van der Waals surface area contributed by atoms with E-state index in [-0.39, 0.29) is 12.1 Å². The number of carboxylic acid groups (broad SMARTS) is 1. The van der Waals surface area contributed by atoms with Crippen molar-refractivity contribution in [3.8, 4) is 0 Å². The molecule has 106 valence electrons. The third-order valence-electron chi connectivity index (χ3n) is 2.22. The Morgan fingerprint density at radius 1 is 1.00 bits per heavy atom. The van der Waals surface area contributed by atoms with Crippen molar-refractivity contribution in [3.63, 3.8) is 0 Å². The third kappa shape index (κ3) is 3.16. The Morgan fingerprint density at radius 2 is 1.37 bits per heavy atom. The maximum atomic E-state index is 12.6. The van der Waals surface area contributed by atoms with Crippen LogP contribution in [0, 0.1) is 0 Å². The molecule has 1 unspecified atom stereocenters. The SMILES string of the molecule is O=C(O)C(O)c1c(C(F)(F)F)cccc1C(F)(F)F.